The van der Waals surface area contributed by atoms with E-state index >= 15 is 0 Å². The van der Waals surface area contributed by atoms with Crippen LogP contribution in [-0.4, -0.2) is 165 Å². The second-order valence-electron chi connectivity index (χ2n) is 20.4. The van der Waals surface area contributed by atoms with Gasteiger partial charge in [-0.25, -0.2) is 4.98 Å². The maximum Gasteiger partial charge on any atom is 0.243 e. The largest absolute Gasteiger partial charge is 0.370 e. The van der Waals surface area contributed by atoms with E-state index in [9.17, 15) is 43.2 Å². The Morgan fingerprint density at radius 3 is 2.08 bits per heavy atom. The van der Waals surface area contributed by atoms with Gasteiger partial charge in [0, 0.05) is 86.6 Å². The number of primary amides is 1. The highest BCUT2D eigenvalue weighted by Gasteiger charge is 2.36. The Balaban J connectivity index is 1.23. The van der Waals surface area contributed by atoms with Gasteiger partial charge >= 0.3 is 0 Å². The van der Waals surface area contributed by atoms with E-state index in [0.717, 1.165) is 16.5 Å². The highest BCUT2D eigenvalue weighted by atomic mass is 32.2. The quantitative estimate of drug-likeness (QED) is 0.0334. The summed E-state index contributed by atoms with van der Waals surface area (Å²) in [5.41, 5.74) is 14.4. The standard InChI is InChI=1S/C53H76N14O9S/c1-30(2)19-36(26-67-29-77-27-43(67)53(76)66(6)7)61-51(74)42(22-35-24-56-28-59-35)62-45(69)25-58-52(75)46(31(3)4)65-47(70)32(5)60-50(73)41(21-34-23-57-39-16-12-11-15-37(34)39)64-49(72)40(17-18-44(55)68)63-48(71)38(54)20-33-13-9-8-10-14-33/h8-16,23-24,28,30-32,36,38,40-43,46,57H,17-22,25-27,29,54H2,1-7H3,(H2,55,68)(H,56,59)(H,58,75)(H,60,73)(H,61,74)(H,62,69)(H,63,71)(H,64,72)(H,65,70)/t32-,36-,38+,40-,41-,42-,43-,46-/m0/s1. The van der Waals surface area contributed by atoms with Crippen LogP contribution in [0.15, 0.2) is 73.3 Å². The molecule has 0 unspecified atom stereocenters. The van der Waals surface area contributed by atoms with Crippen LogP contribution < -0.4 is 48.7 Å². The number of para-hydroxylation sites is 1. The van der Waals surface area contributed by atoms with Crippen molar-refractivity contribution in [2.45, 2.75) is 121 Å². The number of aromatic amines is 2. The molecular weight excluding hydrogens is 1010 g/mol. The molecule has 77 heavy (non-hydrogen) atoms. The molecule has 5 rings (SSSR count). The van der Waals surface area contributed by atoms with E-state index < -0.39 is 96.0 Å². The Hall–Kier alpha value is -7.31. The number of aromatic nitrogens is 3. The van der Waals surface area contributed by atoms with Crippen molar-refractivity contribution in [3.63, 3.8) is 0 Å². The number of likely N-dealkylation sites (N-methyl/N-ethyl adjacent to an activating group) is 1. The smallest absolute Gasteiger partial charge is 0.243 e. The van der Waals surface area contributed by atoms with Crippen molar-refractivity contribution in [3.8, 4) is 0 Å². The number of carbonyl (C=O) groups excluding carboxylic acids is 9. The molecule has 1 saturated heterocycles. The number of H-pyrrole nitrogens is 2. The lowest BCUT2D eigenvalue weighted by Crippen LogP contribution is -2.59. The average molecular weight is 1090 g/mol. The molecular formula is C53H76N14O9S. The maximum absolute atomic E-state index is 14.2. The number of thioether (sulfide) groups is 1. The van der Waals surface area contributed by atoms with Gasteiger partial charge < -0.3 is 63.6 Å². The summed E-state index contributed by atoms with van der Waals surface area (Å²) in [6, 6.07) is 8.40. The minimum absolute atomic E-state index is 0.0163. The third-order valence-corrected chi connectivity index (χ3v) is 14.1. The molecule has 0 aliphatic carbocycles. The molecule has 418 valence electrons. The molecule has 24 heteroatoms. The summed E-state index contributed by atoms with van der Waals surface area (Å²) in [6.07, 6.45) is 4.95. The van der Waals surface area contributed by atoms with E-state index in [4.69, 9.17) is 11.5 Å². The summed E-state index contributed by atoms with van der Waals surface area (Å²) >= 11 is 1.65. The zero-order chi connectivity index (χ0) is 56.3. The van der Waals surface area contributed by atoms with Crippen LogP contribution in [0.25, 0.3) is 10.9 Å². The van der Waals surface area contributed by atoms with Crippen molar-refractivity contribution in [2.75, 3.05) is 38.8 Å². The van der Waals surface area contributed by atoms with Crippen molar-refractivity contribution >= 4 is 75.8 Å². The molecule has 8 atom stereocenters. The molecule has 1 aliphatic heterocycles. The lowest BCUT2D eigenvalue weighted by atomic mass is 10.0. The number of carbonyl (C=O) groups is 9. The first-order valence-corrected chi connectivity index (χ1v) is 27.0. The number of nitrogens with two attached hydrogens (primary N) is 2. The van der Waals surface area contributed by atoms with Crippen molar-refractivity contribution in [1.29, 1.82) is 0 Å². The highest BCUT2D eigenvalue weighted by Crippen LogP contribution is 2.24. The summed E-state index contributed by atoms with van der Waals surface area (Å²) in [5, 5.41) is 19.8. The zero-order valence-corrected chi connectivity index (χ0v) is 45.7. The molecule has 2 aromatic heterocycles. The third kappa shape index (κ3) is 18.7. The molecule has 2 aromatic carbocycles. The fourth-order valence-corrected chi connectivity index (χ4v) is 10.1. The topological polar surface area (TPSA) is 341 Å². The lowest BCUT2D eigenvalue weighted by molar-refractivity contribution is -0.135. The first kappa shape index (κ1) is 60.6. The number of amides is 9. The Bertz CT molecular complexity index is 2650. The molecule has 9 amide bonds. The van der Waals surface area contributed by atoms with Gasteiger partial charge in [-0.05, 0) is 55.2 Å². The SMILES string of the molecule is CC(C)C[C@@H](CN1CSC[C@H]1C(=O)N(C)C)NC(=O)[C@H](Cc1cnc[nH]1)NC(=O)CNC(=O)[C@@H](NC(=O)[C@H](C)NC(=O)[C@H](Cc1c[nH]c2ccccc12)NC(=O)[C@H](CCC(N)=O)NC(=O)[C@H](N)Cc1ccccc1)C(C)C. The number of nitrogens with one attached hydrogen (secondary N) is 9. The zero-order valence-electron chi connectivity index (χ0n) is 44.9. The Labute approximate surface area is 453 Å². The Kier molecular flexibility index (Phi) is 23.0. The Morgan fingerprint density at radius 2 is 1.42 bits per heavy atom. The Morgan fingerprint density at radius 1 is 0.753 bits per heavy atom. The summed E-state index contributed by atoms with van der Waals surface area (Å²) < 4.78 is 0. The normalized spacial score (nSPS) is 16.3. The number of fused-ring (bicyclic) bond motifs is 1. The van der Waals surface area contributed by atoms with Gasteiger partial charge in [0.1, 0.15) is 30.2 Å². The predicted octanol–water partition coefficient (Wildman–Crippen LogP) is -0.278. The molecule has 0 radical (unpaired) electrons. The minimum Gasteiger partial charge on any atom is -0.370 e. The predicted molar refractivity (Wildman–Crippen MR) is 292 cm³/mol. The summed E-state index contributed by atoms with van der Waals surface area (Å²) in [6.45, 7) is 8.69. The van der Waals surface area contributed by atoms with E-state index in [2.05, 4.69) is 57.1 Å². The second-order valence-corrected chi connectivity index (χ2v) is 21.4. The van der Waals surface area contributed by atoms with E-state index in [1.54, 1.807) is 75.1 Å². The maximum atomic E-state index is 14.2. The number of rotatable bonds is 29. The first-order chi connectivity index (χ1) is 36.6. The molecule has 0 spiro atoms. The molecule has 1 fully saturated rings. The van der Waals surface area contributed by atoms with Crippen molar-refractivity contribution in [2.24, 2.45) is 23.3 Å². The van der Waals surface area contributed by atoms with Crippen LogP contribution in [0.3, 0.4) is 0 Å². The van der Waals surface area contributed by atoms with Gasteiger partial charge in [0.2, 0.25) is 53.2 Å². The van der Waals surface area contributed by atoms with Crippen LogP contribution in [0.2, 0.25) is 0 Å². The molecule has 1 aliphatic rings. The van der Waals surface area contributed by atoms with Crippen LogP contribution in [0.4, 0.5) is 0 Å². The first-order valence-electron chi connectivity index (χ1n) is 25.8. The molecule has 0 bridgehead atoms. The molecule has 23 nitrogen and oxygen atoms in total. The van der Waals surface area contributed by atoms with Gasteiger partial charge in [-0.2, -0.15) is 0 Å². The highest BCUT2D eigenvalue weighted by molar-refractivity contribution is 7.99. The monoisotopic (exact) mass is 1080 g/mol. The van der Waals surface area contributed by atoms with Gasteiger partial charge in [0.05, 0.1) is 25.0 Å². The molecule has 3 heterocycles. The van der Waals surface area contributed by atoms with Gasteiger partial charge in [-0.15, -0.1) is 11.8 Å². The van der Waals surface area contributed by atoms with Crippen molar-refractivity contribution in [1.82, 2.24) is 62.0 Å². The van der Waals surface area contributed by atoms with Gasteiger partial charge in [-0.3, -0.25) is 48.1 Å². The van der Waals surface area contributed by atoms with Crippen LogP contribution in [-0.2, 0) is 62.4 Å². The fourth-order valence-electron chi connectivity index (χ4n) is 8.85. The van der Waals surface area contributed by atoms with Crippen LogP contribution >= 0.6 is 11.8 Å². The van der Waals surface area contributed by atoms with Gasteiger partial charge in [0.15, 0.2) is 0 Å². The molecule has 13 N–H and O–H groups in total. The average Bonchev–Trinajstić information content (AvgIpc) is 4.18. The minimum atomic E-state index is -1.33. The van der Waals surface area contributed by atoms with E-state index in [1.165, 1.54) is 19.4 Å². The summed E-state index contributed by atoms with van der Waals surface area (Å²) in [4.78, 5) is 135. The molecule has 0 saturated carbocycles. The number of hydrogen-bond donors (Lipinski definition) is 11. The number of nitrogens with zero attached hydrogens (tertiary/aromatic N) is 3. The van der Waals surface area contributed by atoms with Crippen LogP contribution in [0.5, 0.6) is 0 Å². The summed E-state index contributed by atoms with van der Waals surface area (Å²) in [7, 11) is 3.43. The second kappa shape index (κ2) is 29.3. The van der Waals surface area contributed by atoms with E-state index in [-0.39, 0.29) is 56.0 Å². The van der Waals surface area contributed by atoms with Crippen LogP contribution in [0, 0.1) is 11.8 Å². The molecule has 4 aromatic rings. The van der Waals surface area contributed by atoms with E-state index in [1.807, 2.05) is 44.2 Å². The van der Waals surface area contributed by atoms with Crippen molar-refractivity contribution in [3.05, 3.63) is 90.1 Å². The van der Waals surface area contributed by atoms with Gasteiger partial charge in [-0.1, -0.05) is 76.2 Å². The van der Waals surface area contributed by atoms with Gasteiger partial charge in [0.25, 0.3) is 0 Å². The third-order valence-electron chi connectivity index (χ3n) is 13.0. The van der Waals surface area contributed by atoms with E-state index in [0.29, 0.717) is 35.9 Å². The summed E-state index contributed by atoms with van der Waals surface area (Å²) in [5.74, 6) is -4.67. The van der Waals surface area contributed by atoms with Crippen LogP contribution in [0.1, 0.15) is 70.7 Å². The number of benzene rings is 2. The lowest BCUT2D eigenvalue weighted by Gasteiger charge is -2.31. The van der Waals surface area contributed by atoms with Crippen molar-refractivity contribution < 1.29 is 43.2 Å². The number of hydrogen-bond acceptors (Lipinski definition) is 13. The fraction of sp³-hybridized carbons (Fsp3) is 0.509. The number of imidazole rings is 1.